The van der Waals surface area contributed by atoms with Gasteiger partial charge in [-0.2, -0.15) is 4.57 Å². The number of anilines is 1. The number of unbranched alkanes of at least 4 members (excludes halogenated alkanes) is 11. The Morgan fingerprint density at radius 1 is 0.867 bits per heavy atom. The molecule has 250 valence electrons. The first-order chi connectivity index (χ1) is 21.2. The zero-order valence-corrected chi connectivity index (χ0v) is 31.4. The molecular formula is C39H59BrN2O2S. The summed E-state index contributed by atoms with van der Waals surface area (Å²) in [5.41, 5.74) is 6.76. The predicted octanol–water partition coefficient (Wildman–Crippen LogP) is 7.37. The number of carbonyl (C=O) groups excluding carboxylic acids is 1. The molecule has 0 atom stereocenters. The summed E-state index contributed by atoms with van der Waals surface area (Å²) in [5, 5.41) is 0. The second-order valence-electron chi connectivity index (χ2n) is 13.5. The molecule has 0 fully saturated rings. The largest absolute Gasteiger partial charge is 1.00 e. The highest BCUT2D eigenvalue weighted by Crippen LogP contribution is 2.33. The Labute approximate surface area is 289 Å². The second-order valence-corrected chi connectivity index (χ2v) is 14.6. The minimum atomic E-state index is -0.0197. The van der Waals surface area contributed by atoms with Crippen LogP contribution in [0.25, 0.3) is 0 Å². The molecule has 0 bridgehead atoms. The van der Waals surface area contributed by atoms with E-state index in [-0.39, 0.29) is 28.3 Å². The van der Waals surface area contributed by atoms with Crippen LogP contribution in [0, 0.1) is 6.92 Å². The summed E-state index contributed by atoms with van der Waals surface area (Å²) in [7, 11) is 0. The maximum atomic E-state index is 12.7. The Bertz CT molecular complexity index is 1270. The van der Waals surface area contributed by atoms with E-state index in [1.807, 2.05) is 11.0 Å². The van der Waals surface area contributed by atoms with Gasteiger partial charge in [-0.3, -0.25) is 4.79 Å². The van der Waals surface area contributed by atoms with E-state index in [0.29, 0.717) is 6.54 Å². The van der Waals surface area contributed by atoms with Crippen molar-refractivity contribution in [1.82, 2.24) is 0 Å². The fourth-order valence-corrected chi connectivity index (χ4v) is 6.47. The third kappa shape index (κ3) is 14.4. The minimum absolute atomic E-state index is 0. The van der Waals surface area contributed by atoms with Gasteiger partial charge in [0.05, 0.1) is 11.5 Å². The van der Waals surface area contributed by atoms with Crippen LogP contribution in [0.15, 0.2) is 54.2 Å². The van der Waals surface area contributed by atoms with E-state index in [0.717, 1.165) is 37.4 Å². The van der Waals surface area contributed by atoms with Gasteiger partial charge in [-0.15, -0.1) is 0 Å². The number of nitrogens with zero attached hydrogens (tertiary/aromatic N) is 2. The summed E-state index contributed by atoms with van der Waals surface area (Å²) < 4.78 is 8.54. The van der Waals surface area contributed by atoms with Crippen molar-refractivity contribution in [2.24, 2.45) is 0 Å². The number of rotatable bonds is 20. The molecule has 4 nitrogen and oxygen atoms in total. The maximum Gasteiger partial charge on any atom is 0.225 e. The summed E-state index contributed by atoms with van der Waals surface area (Å²) >= 11 is 1.75. The molecule has 0 spiro atoms. The molecule has 0 unspecified atom stereocenters. The van der Waals surface area contributed by atoms with Crippen LogP contribution in [0.4, 0.5) is 5.69 Å². The lowest BCUT2D eigenvalue weighted by atomic mass is 9.85. The molecule has 0 aliphatic carbocycles. The van der Waals surface area contributed by atoms with Crippen LogP contribution in [0.5, 0.6) is 5.75 Å². The van der Waals surface area contributed by atoms with E-state index in [9.17, 15) is 4.79 Å². The summed E-state index contributed by atoms with van der Waals surface area (Å²) in [5.74, 6) is 1.07. The first-order valence-electron chi connectivity index (χ1n) is 17.2. The lowest BCUT2D eigenvalue weighted by Crippen LogP contribution is -3.00. The third-order valence-corrected chi connectivity index (χ3v) is 9.27. The Balaban J connectivity index is 0.00000705. The molecule has 2 aromatic carbocycles. The van der Waals surface area contributed by atoms with Crippen molar-refractivity contribution in [1.29, 1.82) is 0 Å². The van der Waals surface area contributed by atoms with E-state index in [4.69, 9.17) is 4.74 Å². The van der Waals surface area contributed by atoms with Crippen LogP contribution in [0.1, 0.15) is 133 Å². The number of halogens is 1. The standard InChI is InChI=1S/C39H59N2O2S.BrH/c1-7-8-9-10-11-12-13-14-15-16-17-18-26-43-38-23-22-34(28-37(38)39(4,5)6)24-25-41(33(3)42)36-21-19-20-35(27-36)30-40-29-32(2)44-31-40;/h19-23,27-29,31H,7-18,24-26,30H2,1-6H3;1H/q+1;/p-1. The summed E-state index contributed by atoms with van der Waals surface area (Å²) in [6.07, 6.45) is 19.2. The molecule has 45 heavy (non-hydrogen) atoms. The van der Waals surface area contributed by atoms with E-state index in [1.54, 1.807) is 18.3 Å². The van der Waals surface area contributed by atoms with Crippen molar-refractivity contribution < 1.29 is 31.1 Å². The second kappa shape index (κ2) is 20.8. The Morgan fingerprint density at radius 3 is 2.09 bits per heavy atom. The lowest BCUT2D eigenvalue weighted by Gasteiger charge is -2.25. The zero-order chi connectivity index (χ0) is 31.8. The van der Waals surface area contributed by atoms with E-state index in [2.05, 4.69) is 87.3 Å². The fourth-order valence-electron chi connectivity index (χ4n) is 5.84. The van der Waals surface area contributed by atoms with Crippen LogP contribution in [-0.2, 0) is 23.2 Å². The van der Waals surface area contributed by atoms with E-state index >= 15 is 0 Å². The highest BCUT2D eigenvalue weighted by molar-refractivity contribution is 7.09. The topological polar surface area (TPSA) is 33.4 Å². The summed E-state index contributed by atoms with van der Waals surface area (Å²) in [6.45, 7) is 15.1. The average molecular weight is 700 g/mol. The average Bonchev–Trinajstić information content (AvgIpc) is 3.39. The number of hydrogen-bond acceptors (Lipinski definition) is 3. The molecule has 0 radical (unpaired) electrons. The van der Waals surface area contributed by atoms with Gasteiger partial charge >= 0.3 is 0 Å². The van der Waals surface area contributed by atoms with Crippen molar-refractivity contribution >= 4 is 22.9 Å². The molecule has 0 saturated heterocycles. The number of benzene rings is 2. The summed E-state index contributed by atoms with van der Waals surface area (Å²) in [6, 6.07) is 15.0. The monoisotopic (exact) mass is 698 g/mol. The summed E-state index contributed by atoms with van der Waals surface area (Å²) in [4.78, 5) is 15.9. The predicted molar refractivity (Wildman–Crippen MR) is 188 cm³/mol. The molecule has 1 aromatic heterocycles. The van der Waals surface area contributed by atoms with Crippen LogP contribution in [0.2, 0.25) is 0 Å². The Hall–Kier alpha value is -2.18. The fraction of sp³-hybridized carbons (Fsp3) is 0.590. The highest BCUT2D eigenvalue weighted by Gasteiger charge is 2.20. The lowest BCUT2D eigenvalue weighted by molar-refractivity contribution is -0.683. The molecular weight excluding hydrogens is 640 g/mol. The number of aryl methyl sites for hydroxylation is 1. The van der Waals surface area contributed by atoms with Gasteiger partial charge in [0.2, 0.25) is 11.4 Å². The Morgan fingerprint density at radius 2 is 1.51 bits per heavy atom. The van der Waals surface area contributed by atoms with Gasteiger partial charge in [-0.05, 0) is 54.5 Å². The number of thiazole rings is 1. The molecule has 0 aliphatic heterocycles. The molecule has 1 heterocycles. The van der Waals surface area contributed by atoms with Crippen LogP contribution in [-0.4, -0.2) is 19.1 Å². The van der Waals surface area contributed by atoms with Crippen LogP contribution < -0.4 is 31.2 Å². The van der Waals surface area contributed by atoms with Gasteiger partial charge in [-0.1, -0.05) is 134 Å². The molecule has 0 aliphatic rings. The van der Waals surface area contributed by atoms with Crippen molar-refractivity contribution in [3.63, 3.8) is 0 Å². The van der Waals surface area contributed by atoms with Crippen molar-refractivity contribution in [3.8, 4) is 5.75 Å². The number of hydrogen-bond donors (Lipinski definition) is 0. The highest BCUT2D eigenvalue weighted by atomic mass is 79.9. The quantitative estimate of drug-likeness (QED) is 0.0913. The molecule has 0 N–H and O–H groups in total. The van der Waals surface area contributed by atoms with Gasteiger partial charge in [0.15, 0.2) is 12.7 Å². The number of amides is 1. The SMILES string of the molecule is CCCCCCCCCCCCCCOc1ccc(CCN(C(C)=O)c2cccc(C[n+]3csc(C)c3)c2)cc1C(C)(C)C.[Br-]. The smallest absolute Gasteiger partial charge is 0.225 e. The third-order valence-electron chi connectivity index (χ3n) is 8.42. The zero-order valence-electron chi connectivity index (χ0n) is 29.0. The van der Waals surface area contributed by atoms with E-state index in [1.165, 1.54) is 92.2 Å². The molecule has 6 heteroatoms. The normalized spacial score (nSPS) is 11.3. The van der Waals surface area contributed by atoms with E-state index < -0.39 is 0 Å². The van der Waals surface area contributed by atoms with Gasteiger partial charge in [-0.25, -0.2) is 0 Å². The maximum absolute atomic E-state index is 12.7. The first kappa shape index (κ1) is 39.0. The molecule has 1 amide bonds. The molecule has 0 saturated carbocycles. The molecule has 3 rings (SSSR count). The van der Waals surface area contributed by atoms with Crippen molar-refractivity contribution in [3.05, 3.63) is 75.7 Å². The van der Waals surface area contributed by atoms with Gasteiger partial charge in [0, 0.05) is 24.7 Å². The van der Waals surface area contributed by atoms with Gasteiger partial charge in [0.1, 0.15) is 5.75 Å². The Kier molecular flexibility index (Phi) is 18.1. The van der Waals surface area contributed by atoms with Crippen molar-refractivity contribution in [2.45, 2.75) is 137 Å². The number of carbonyl (C=O) groups is 1. The van der Waals surface area contributed by atoms with Crippen molar-refractivity contribution in [2.75, 3.05) is 18.1 Å². The van der Waals surface area contributed by atoms with Gasteiger partial charge < -0.3 is 26.6 Å². The van der Waals surface area contributed by atoms with Gasteiger partial charge in [0.25, 0.3) is 0 Å². The molecule has 3 aromatic rings. The number of aromatic nitrogens is 1. The minimum Gasteiger partial charge on any atom is -1.00 e. The number of ether oxygens (including phenoxy) is 1. The first-order valence-corrected chi connectivity index (χ1v) is 18.1. The van der Waals surface area contributed by atoms with Crippen LogP contribution >= 0.6 is 11.3 Å². The van der Waals surface area contributed by atoms with Crippen LogP contribution in [0.3, 0.4) is 0 Å².